The molecule has 0 saturated heterocycles. The molecule has 94 valence electrons. The normalized spacial score (nSPS) is 12.2. The fourth-order valence-corrected chi connectivity index (χ4v) is 2.50. The van der Waals surface area contributed by atoms with Crippen molar-refractivity contribution in [2.45, 2.75) is 13.0 Å². The number of nitro benzene ring substituents is 1. The van der Waals surface area contributed by atoms with Gasteiger partial charge in [-0.15, -0.1) is 0 Å². The molecule has 0 aliphatic heterocycles. The molecule has 0 spiro atoms. The van der Waals surface area contributed by atoms with Crippen molar-refractivity contribution >= 4 is 34.7 Å². The zero-order chi connectivity index (χ0) is 13.0. The molecule has 0 fully saturated rings. The number of nitro groups is 1. The molecule has 0 radical (unpaired) electrons. The number of nitrogens with zero attached hydrogens (tertiary/aromatic N) is 2. The second kappa shape index (κ2) is 6.12. The zero-order valence-electron chi connectivity index (χ0n) is 10.0. The summed E-state index contributed by atoms with van der Waals surface area (Å²) in [4.78, 5) is 12.2. The van der Waals surface area contributed by atoms with E-state index in [9.17, 15) is 10.1 Å². The molecule has 0 aliphatic rings. The van der Waals surface area contributed by atoms with Crippen molar-refractivity contribution in [3.05, 3.63) is 33.3 Å². The molecule has 4 nitrogen and oxygen atoms in total. The zero-order valence-corrected chi connectivity index (χ0v) is 11.6. The Kier molecular flexibility index (Phi) is 5.08. The highest BCUT2D eigenvalue weighted by molar-refractivity contribution is 7.98. The summed E-state index contributed by atoms with van der Waals surface area (Å²) < 4.78 is 0. The van der Waals surface area contributed by atoms with Gasteiger partial charge in [0.15, 0.2) is 0 Å². The third kappa shape index (κ3) is 3.51. The lowest BCUT2D eigenvalue weighted by Gasteiger charge is -2.27. The molecule has 0 heterocycles. The van der Waals surface area contributed by atoms with E-state index in [0.717, 1.165) is 11.4 Å². The van der Waals surface area contributed by atoms with Crippen LogP contribution in [0.3, 0.4) is 0 Å². The summed E-state index contributed by atoms with van der Waals surface area (Å²) >= 11 is 7.81. The number of anilines is 1. The average molecular weight is 275 g/mol. The molecule has 1 aromatic rings. The van der Waals surface area contributed by atoms with Crippen molar-refractivity contribution in [3.8, 4) is 0 Å². The van der Waals surface area contributed by atoms with Crippen molar-refractivity contribution in [1.29, 1.82) is 0 Å². The van der Waals surface area contributed by atoms with Crippen LogP contribution in [0.5, 0.6) is 0 Å². The van der Waals surface area contributed by atoms with E-state index in [1.807, 2.05) is 18.2 Å². The molecule has 0 N–H and O–H groups in total. The minimum atomic E-state index is -0.443. The number of halogens is 1. The van der Waals surface area contributed by atoms with E-state index in [1.54, 1.807) is 17.8 Å². The Morgan fingerprint density at radius 3 is 2.71 bits per heavy atom. The van der Waals surface area contributed by atoms with Gasteiger partial charge in [-0.2, -0.15) is 11.8 Å². The van der Waals surface area contributed by atoms with Crippen molar-refractivity contribution in [2.75, 3.05) is 24.0 Å². The van der Waals surface area contributed by atoms with Gasteiger partial charge in [-0.3, -0.25) is 10.1 Å². The van der Waals surface area contributed by atoms with E-state index in [0.29, 0.717) is 11.1 Å². The number of hydrogen-bond donors (Lipinski definition) is 0. The van der Waals surface area contributed by atoms with Crippen LogP contribution in [-0.4, -0.2) is 30.0 Å². The summed E-state index contributed by atoms with van der Waals surface area (Å²) in [5.74, 6) is 0.976. The van der Waals surface area contributed by atoms with Crippen LogP contribution in [0.1, 0.15) is 6.92 Å². The SMILES string of the molecule is CSCC(C)N(C)c1ccc([N+](=O)[O-])cc1Cl. The highest BCUT2D eigenvalue weighted by Crippen LogP contribution is 2.30. The second-order valence-electron chi connectivity index (χ2n) is 3.81. The Hall–Kier alpha value is -0.940. The summed E-state index contributed by atoms with van der Waals surface area (Å²) in [7, 11) is 1.94. The molecule has 6 heteroatoms. The summed E-state index contributed by atoms with van der Waals surface area (Å²) in [5.41, 5.74) is 0.837. The van der Waals surface area contributed by atoms with Crippen LogP contribution in [0, 0.1) is 10.1 Å². The fourth-order valence-electron chi connectivity index (χ4n) is 1.49. The van der Waals surface area contributed by atoms with Gasteiger partial charge in [0.25, 0.3) is 5.69 Å². The first-order valence-electron chi connectivity index (χ1n) is 5.13. The van der Waals surface area contributed by atoms with Crippen LogP contribution >= 0.6 is 23.4 Å². The highest BCUT2D eigenvalue weighted by atomic mass is 35.5. The molecule has 1 aromatic carbocycles. The van der Waals surface area contributed by atoms with E-state index in [-0.39, 0.29) is 5.69 Å². The molecule has 0 aromatic heterocycles. The summed E-state index contributed by atoms with van der Waals surface area (Å²) in [6, 6.07) is 4.88. The Balaban J connectivity index is 2.95. The number of non-ortho nitro benzene ring substituents is 1. The maximum atomic E-state index is 10.6. The van der Waals surface area contributed by atoms with Crippen LogP contribution in [0.4, 0.5) is 11.4 Å². The van der Waals surface area contributed by atoms with Crippen molar-refractivity contribution in [1.82, 2.24) is 0 Å². The van der Waals surface area contributed by atoms with Gasteiger partial charge in [-0.05, 0) is 19.2 Å². The van der Waals surface area contributed by atoms with Crippen molar-refractivity contribution in [2.24, 2.45) is 0 Å². The molecule has 1 atom stereocenters. The Bertz CT molecular complexity index is 414. The maximum Gasteiger partial charge on any atom is 0.271 e. The molecule has 1 rings (SSSR count). The van der Waals surface area contributed by atoms with Gasteiger partial charge in [0.2, 0.25) is 0 Å². The predicted molar refractivity (Wildman–Crippen MR) is 74.4 cm³/mol. The standard InChI is InChI=1S/C11H15ClN2O2S/c1-8(7-17-3)13(2)11-5-4-9(14(15)16)6-10(11)12/h4-6,8H,7H2,1-3H3. The highest BCUT2D eigenvalue weighted by Gasteiger charge is 2.15. The topological polar surface area (TPSA) is 46.4 Å². The monoisotopic (exact) mass is 274 g/mol. The van der Waals surface area contributed by atoms with Gasteiger partial charge in [0, 0.05) is 31.0 Å². The first-order chi connectivity index (χ1) is 7.97. The molecule has 0 bridgehead atoms. The summed E-state index contributed by atoms with van der Waals surface area (Å²) in [6.07, 6.45) is 2.04. The molecule has 0 saturated carbocycles. The summed E-state index contributed by atoms with van der Waals surface area (Å²) in [5, 5.41) is 11.0. The molecule has 0 amide bonds. The molecule has 1 unspecified atom stereocenters. The van der Waals surface area contributed by atoms with Crippen LogP contribution in [0.25, 0.3) is 0 Å². The van der Waals surface area contributed by atoms with Gasteiger partial charge in [0.1, 0.15) is 0 Å². The van der Waals surface area contributed by atoms with Crippen LogP contribution in [0.15, 0.2) is 18.2 Å². The van der Waals surface area contributed by atoms with Crippen molar-refractivity contribution in [3.63, 3.8) is 0 Å². The first kappa shape index (κ1) is 14.1. The van der Waals surface area contributed by atoms with E-state index < -0.39 is 4.92 Å². The van der Waals surface area contributed by atoms with Crippen molar-refractivity contribution < 1.29 is 4.92 Å². The third-order valence-corrected chi connectivity index (χ3v) is 3.71. The largest absolute Gasteiger partial charge is 0.370 e. The molecule has 0 aliphatic carbocycles. The van der Waals surface area contributed by atoms with Crippen LogP contribution in [0.2, 0.25) is 5.02 Å². The predicted octanol–water partition coefficient (Wildman–Crippen LogP) is 3.44. The van der Waals surface area contributed by atoms with E-state index in [4.69, 9.17) is 11.6 Å². The molecular formula is C11H15ClN2O2S. The first-order valence-corrected chi connectivity index (χ1v) is 6.90. The lowest BCUT2D eigenvalue weighted by atomic mass is 10.2. The van der Waals surface area contributed by atoms with Crippen LogP contribution in [-0.2, 0) is 0 Å². The maximum absolute atomic E-state index is 10.6. The number of benzene rings is 1. The third-order valence-electron chi connectivity index (χ3n) is 2.59. The van der Waals surface area contributed by atoms with Gasteiger partial charge in [-0.25, -0.2) is 0 Å². The van der Waals surface area contributed by atoms with E-state index >= 15 is 0 Å². The lowest BCUT2D eigenvalue weighted by Crippen LogP contribution is -2.30. The molecule has 17 heavy (non-hydrogen) atoms. The number of rotatable bonds is 5. The fraction of sp³-hybridized carbons (Fsp3) is 0.455. The average Bonchev–Trinajstić information content (AvgIpc) is 2.28. The van der Waals surface area contributed by atoms with E-state index in [2.05, 4.69) is 6.92 Å². The van der Waals surface area contributed by atoms with E-state index in [1.165, 1.54) is 12.1 Å². The number of thioether (sulfide) groups is 1. The minimum Gasteiger partial charge on any atom is -0.370 e. The van der Waals surface area contributed by atoms with Gasteiger partial charge >= 0.3 is 0 Å². The Labute approximate surface area is 110 Å². The van der Waals surface area contributed by atoms with Gasteiger partial charge < -0.3 is 4.90 Å². The Morgan fingerprint density at radius 1 is 1.59 bits per heavy atom. The molecular weight excluding hydrogens is 260 g/mol. The number of hydrogen-bond acceptors (Lipinski definition) is 4. The second-order valence-corrected chi connectivity index (χ2v) is 5.13. The summed E-state index contributed by atoms with van der Waals surface area (Å²) in [6.45, 7) is 2.09. The van der Waals surface area contributed by atoms with Gasteiger partial charge in [0.05, 0.1) is 15.6 Å². The quantitative estimate of drug-likeness (QED) is 0.610. The smallest absolute Gasteiger partial charge is 0.271 e. The van der Waals surface area contributed by atoms with Gasteiger partial charge in [-0.1, -0.05) is 11.6 Å². The Morgan fingerprint density at radius 2 is 2.24 bits per heavy atom. The minimum absolute atomic E-state index is 0.0182. The van der Waals surface area contributed by atoms with Crippen LogP contribution < -0.4 is 4.90 Å². The lowest BCUT2D eigenvalue weighted by molar-refractivity contribution is -0.384.